The van der Waals surface area contributed by atoms with Crippen LogP contribution in [-0.2, 0) is 0 Å². The molecule has 20 heavy (non-hydrogen) atoms. The van der Waals surface area contributed by atoms with Crippen molar-refractivity contribution < 1.29 is 14.3 Å². The Bertz CT molecular complexity index is 632. The molecule has 1 fully saturated rings. The third kappa shape index (κ3) is 2.43. The standard InChI is InChI=1S/C16H19NO3/c1-10-5-6-14-12(7-10)8-15(20-14)16(19)17-13-4-2-3-11(13)9-18/h5-8,11,13,18H,2-4,9H2,1H3,(H,17,19). The number of rotatable bonds is 3. The van der Waals surface area contributed by atoms with E-state index >= 15 is 0 Å². The van der Waals surface area contributed by atoms with Gasteiger partial charge in [0.2, 0.25) is 0 Å². The largest absolute Gasteiger partial charge is 0.451 e. The van der Waals surface area contributed by atoms with Gasteiger partial charge in [-0.25, -0.2) is 0 Å². The molecule has 0 aliphatic heterocycles. The number of carbonyl (C=O) groups excluding carboxylic acids is 1. The second-order valence-electron chi connectivity index (χ2n) is 5.61. The van der Waals surface area contributed by atoms with E-state index in [4.69, 9.17) is 4.42 Å². The van der Waals surface area contributed by atoms with Gasteiger partial charge in [0.25, 0.3) is 5.91 Å². The Morgan fingerprint density at radius 1 is 1.40 bits per heavy atom. The van der Waals surface area contributed by atoms with E-state index in [0.29, 0.717) is 5.76 Å². The molecule has 2 atom stereocenters. The minimum absolute atomic E-state index is 0.0578. The Balaban J connectivity index is 1.78. The van der Waals surface area contributed by atoms with E-state index in [1.807, 2.05) is 25.1 Å². The summed E-state index contributed by atoms with van der Waals surface area (Å²) in [5.41, 5.74) is 1.87. The first-order valence-corrected chi connectivity index (χ1v) is 7.09. The number of nitrogens with one attached hydrogen (secondary N) is 1. The van der Waals surface area contributed by atoms with E-state index in [-0.39, 0.29) is 24.5 Å². The topological polar surface area (TPSA) is 62.5 Å². The maximum Gasteiger partial charge on any atom is 0.287 e. The average molecular weight is 273 g/mol. The van der Waals surface area contributed by atoms with E-state index in [1.165, 1.54) is 0 Å². The van der Waals surface area contributed by atoms with Gasteiger partial charge in [-0.1, -0.05) is 18.1 Å². The number of aliphatic hydroxyl groups excluding tert-OH is 1. The van der Waals surface area contributed by atoms with Crippen LogP contribution in [0.1, 0.15) is 35.4 Å². The molecule has 0 saturated heterocycles. The molecule has 3 rings (SSSR count). The Kier molecular flexibility index (Phi) is 3.49. The quantitative estimate of drug-likeness (QED) is 0.903. The Hall–Kier alpha value is -1.81. The summed E-state index contributed by atoms with van der Waals surface area (Å²) in [5.74, 6) is 0.323. The Labute approximate surface area is 117 Å². The second kappa shape index (κ2) is 5.29. The molecule has 1 aliphatic rings. The van der Waals surface area contributed by atoms with E-state index in [1.54, 1.807) is 6.07 Å². The molecule has 4 heteroatoms. The zero-order valence-electron chi connectivity index (χ0n) is 11.6. The van der Waals surface area contributed by atoms with Crippen molar-refractivity contribution in [3.63, 3.8) is 0 Å². The van der Waals surface area contributed by atoms with Crippen LogP contribution in [0.15, 0.2) is 28.7 Å². The van der Waals surface area contributed by atoms with Crippen molar-refractivity contribution in [2.24, 2.45) is 5.92 Å². The molecule has 2 aromatic rings. The first-order chi connectivity index (χ1) is 9.67. The number of amides is 1. The zero-order valence-corrected chi connectivity index (χ0v) is 11.6. The lowest BCUT2D eigenvalue weighted by molar-refractivity contribution is 0.0890. The number of aliphatic hydroxyl groups is 1. The van der Waals surface area contributed by atoms with Gasteiger partial charge >= 0.3 is 0 Å². The van der Waals surface area contributed by atoms with Crippen molar-refractivity contribution >= 4 is 16.9 Å². The number of fused-ring (bicyclic) bond motifs is 1. The van der Waals surface area contributed by atoms with Gasteiger partial charge in [-0.2, -0.15) is 0 Å². The fourth-order valence-electron chi connectivity index (χ4n) is 2.96. The lowest BCUT2D eigenvalue weighted by Gasteiger charge is -2.18. The van der Waals surface area contributed by atoms with Gasteiger partial charge in [-0.3, -0.25) is 4.79 Å². The van der Waals surface area contributed by atoms with Crippen molar-refractivity contribution in [3.8, 4) is 0 Å². The third-order valence-electron chi connectivity index (χ3n) is 4.11. The van der Waals surface area contributed by atoms with Gasteiger partial charge in [-0.05, 0) is 38.0 Å². The maximum atomic E-state index is 12.2. The van der Waals surface area contributed by atoms with Crippen LogP contribution in [0, 0.1) is 12.8 Å². The summed E-state index contributed by atoms with van der Waals surface area (Å²) in [5, 5.41) is 13.2. The summed E-state index contributed by atoms with van der Waals surface area (Å²) in [4.78, 5) is 12.2. The molecule has 2 unspecified atom stereocenters. The van der Waals surface area contributed by atoms with Crippen LogP contribution in [0.4, 0.5) is 0 Å². The van der Waals surface area contributed by atoms with E-state index in [2.05, 4.69) is 5.32 Å². The van der Waals surface area contributed by atoms with Crippen LogP contribution in [0.5, 0.6) is 0 Å². The van der Waals surface area contributed by atoms with Gasteiger partial charge in [0, 0.05) is 24.0 Å². The molecule has 0 radical (unpaired) electrons. The highest BCUT2D eigenvalue weighted by atomic mass is 16.3. The number of benzene rings is 1. The minimum atomic E-state index is -0.191. The molecule has 0 spiro atoms. The van der Waals surface area contributed by atoms with E-state index in [9.17, 15) is 9.90 Å². The number of furan rings is 1. The average Bonchev–Trinajstić information content (AvgIpc) is 3.04. The van der Waals surface area contributed by atoms with Crippen LogP contribution in [-0.4, -0.2) is 23.7 Å². The predicted molar refractivity (Wildman–Crippen MR) is 76.6 cm³/mol. The van der Waals surface area contributed by atoms with Gasteiger partial charge in [0.05, 0.1) is 0 Å². The Morgan fingerprint density at radius 2 is 2.25 bits per heavy atom. The van der Waals surface area contributed by atoms with Gasteiger partial charge in [0.15, 0.2) is 5.76 Å². The molecule has 1 aliphatic carbocycles. The molecule has 1 amide bonds. The predicted octanol–water partition coefficient (Wildman–Crippen LogP) is 2.63. The smallest absolute Gasteiger partial charge is 0.287 e. The number of carbonyl (C=O) groups is 1. The van der Waals surface area contributed by atoms with Gasteiger partial charge < -0.3 is 14.8 Å². The summed E-state index contributed by atoms with van der Waals surface area (Å²) in [6.07, 6.45) is 2.95. The highest BCUT2D eigenvalue weighted by Crippen LogP contribution is 2.26. The lowest BCUT2D eigenvalue weighted by atomic mass is 10.1. The maximum absolute atomic E-state index is 12.2. The highest BCUT2D eigenvalue weighted by Gasteiger charge is 2.28. The van der Waals surface area contributed by atoms with Crippen molar-refractivity contribution in [2.45, 2.75) is 32.2 Å². The van der Waals surface area contributed by atoms with Crippen LogP contribution >= 0.6 is 0 Å². The van der Waals surface area contributed by atoms with Crippen LogP contribution in [0.25, 0.3) is 11.0 Å². The lowest BCUT2D eigenvalue weighted by Crippen LogP contribution is -2.38. The summed E-state index contributed by atoms with van der Waals surface area (Å²) in [6, 6.07) is 7.68. The molecular formula is C16H19NO3. The van der Waals surface area contributed by atoms with Crippen molar-refractivity contribution in [1.29, 1.82) is 0 Å². The van der Waals surface area contributed by atoms with Crippen LogP contribution in [0.2, 0.25) is 0 Å². The fourth-order valence-corrected chi connectivity index (χ4v) is 2.96. The third-order valence-corrected chi connectivity index (χ3v) is 4.11. The normalized spacial score (nSPS) is 22.3. The molecule has 106 valence electrons. The zero-order chi connectivity index (χ0) is 14.1. The van der Waals surface area contributed by atoms with E-state index in [0.717, 1.165) is 35.8 Å². The van der Waals surface area contributed by atoms with Gasteiger partial charge in [-0.15, -0.1) is 0 Å². The molecule has 1 aromatic heterocycles. The van der Waals surface area contributed by atoms with Crippen molar-refractivity contribution in [2.75, 3.05) is 6.61 Å². The molecule has 1 heterocycles. The Morgan fingerprint density at radius 3 is 3.05 bits per heavy atom. The summed E-state index contributed by atoms with van der Waals surface area (Å²) >= 11 is 0. The molecule has 0 bridgehead atoms. The van der Waals surface area contributed by atoms with Crippen molar-refractivity contribution in [1.82, 2.24) is 5.32 Å². The van der Waals surface area contributed by atoms with Crippen molar-refractivity contribution in [3.05, 3.63) is 35.6 Å². The molecule has 1 aromatic carbocycles. The molecule has 1 saturated carbocycles. The van der Waals surface area contributed by atoms with Crippen LogP contribution in [0.3, 0.4) is 0 Å². The minimum Gasteiger partial charge on any atom is -0.451 e. The van der Waals surface area contributed by atoms with Crippen LogP contribution < -0.4 is 5.32 Å². The summed E-state index contributed by atoms with van der Waals surface area (Å²) in [6.45, 7) is 2.14. The number of hydrogen-bond donors (Lipinski definition) is 2. The molecule has 2 N–H and O–H groups in total. The second-order valence-corrected chi connectivity index (χ2v) is 5.61. The highest BCUT2D eigenvalue weighted by molar-refractivity contribution is 5.96. The first-order valence-electron chi connectivity index (χ1n) is 7.09. The summed E-state index contributed by atoms with van der Waals surface area (Å²) < 4.78 is 5.59. The first kappa shape index (κ1) is 13.2. The number of hydrogen-bond acceptors (Lipinski definition) is 3. The number of aryl methyl sites for hydroxylation is 1. The monoisotopic (exact) mass is 273 g/mol. The van der Waals surface area contributed by atoms with E-state index < -0.39 is 0 Å². The molecular weight excluding hydrogens is 254 g/mol. The molecule has 4 nitrogen and oxygen atoms in total. The van der Waals surface area contributed by atoms with Gasteiger partial charge in [0.1, 0.15) is 5.58 Å². The summed E-state index contributed by atoms with van der Waals surface area (Å²) in [7, 11) is 0. The SMILES string of the molecule is Cc1ccc2oc(C(=O)NC3CCCC3CO)cc2c1. The fraction of sp³-hybridized carbons (Fsp3) is 0.438.